The maximum atomic E-state index is 11.2. The van der Waals surface area contributed by atoms with E-state index >= 15 is 0 Å². The Bertz CT molecular complexity index is 205. The van der Waals surface area contributed by atoms with Crippen LogP contribution in [0, 0.1) is 11.8 Å². The van der Waals surface area contributed by atoms with Gasteiger partial charge in [-0.25, -0.2) is 0 Å². The number of rotatable bonds is 5. The molecular formula is C16H33NO. The number of carbonyl (C=O) groups excluding carboxylic acids is 1. The zero-order valence-corrected chi connectivity index (χ0v) is 13.2. The summed E-state index contributed by atoms with van der Waals surface area (Å²) in [5, 5.41) is 0. The van der Waals surface area contributed by atoms with Crippen LogP contribution in [0.4, 0.5) is 0 Å². The van der Waals surface area contributed by atoms with Gasteiger partial charge in [-0.3, -0.25) is 4.79 Å². The summed E-state index contributed by atoms with van der Waals surface area (Å²) >= 11 is 0. The first-order valence-corrected chi connectivity index (χ1v) is 7.85. The molecule has 1 aliphatic rings. The molecule has 1 aliphatic heterocycles. The molecule has 0 unspecified atom stereocenters. The Balaban J connectivity index is 0.00000137. The third-order valence-electron chi connectivity index (χ3n) is 3.70. The highest BCUT2D eigenvalue weighted by atomic mass is 16.2. The molecule has 1 heterocycles. The molecule has 0 saturated carbocycles. The first-order chi connectivity index (χ1) is 8.59. The molecular weight excluding hydrogens is 222 g/mol. The molecule has 0 radical (unpaired) electrons. The van der Waals surface area contributed by atoms with Gasteiger partial charge in [-0.2, -0.15) is 0 Å². The number of carbonyl (C=O) groups is 1. The maximum Gasteiger partial charge on any atom is 0.219 e. The van der Waals surface area contributed by atoms with Crippen molar-refractivity contribution in [2.24, 2.45) is 11.8 Å². The zero-order chi connectivity index (χ0) is 14.0. The number of piperidine rings is 1. The number of nitrogens with zero attached hydrogens (tertiary/aromatic N) is 1. The minimum absolute atomic E-state index is 0.248. The SMILES string of the molecule is CC.CC(=O)N1CCC(CCCCC(C)C)CC1. The average molecular weight is 255 g/mol. The second-order valence-electron chi connectivity index (χ2n) is 5.63. The van der Waals surface area contributed by atoms with E-state index < -0.39 is 0 Å². The Hall–Kier alpha value is -0.530. The lowest BCUT2D eigenvalue weighted by Gasteiger charge is -2.31. The highest BCUT2D eigenvalue weighted by Gasteiger charge is 2.19. The summed E-state index contributed by atoms with van der Waals surface area (Å²) in [5.41, 5.74) is 0. The quantitative estimate of drug-likeness (QED) is 0.663. The molecule has 18 heavy (non-hydrogen) atoms. The van der Waals surface area contributed by atoms with Crippen LogP contribution in [0.1, 0.15) is 73.1 Å². The molecule has 1 saturated heterocycles. The Morgan fingerprint density at radius 1 is 1.17 bits per heavy atom. The van der Waals surface area contributed by atoms with E-state index in [4.69, 9.17) is 0 Å². The van der Waals surface area contributed by atoms with E-state index in [1.807, 2.05) is 18.7 Å². The molecule has 0 N–H and O–H groups in total. The minimum atomic E-state index is 0.248. The summed E-state index contributed by atoms with van der Waals surface area (Å²) in [5.74, 6) is 1.97. The average Bonchev–Trinajstić information content (AvgIpc) is 2.37. The van der Waals surface area contributed by atoms with Crippen molar-refractivity contribution < 1.29 is 4.79 Å². The van der Waals surface area contributed by atoms with E-state index in [0.717, 1.165) is 24.9 Å². The van der Waals surface area contributed by atoms with E-state index in [1.165, 1.54) is 38.5 Å². The van der Waals surface area contributed by atoms with Crippen molar-refractivity contribution in [1.82, 2.24) is 4.90 Å². The van der Waals surface area contributed by atoms with Gasteiger partial charge in [0.2, 0.25) is 5.91 Å². The summed E-state index contributed by atoms with van der Waals surface area (Å²) in [6, 6.07) is 0. The normalized spacial score (nSPS) is 16.4. The predicted molar refractivity (Wildman–Crippen MR) is 79.6 cm³/mol. The van der Waals surface area contributed by atoms with Crippen molar-refractivity contribution in [3.05, 3.63) is 0 Å². The standard InChI is InChI=1S/C14H27NO.C2H6/c1-12(2)6-4-5-7-14-8-10-15(11-9-14)13(3)16;1-2/h12,14H,4-11H2,1-3H3;1-2H3. The first-order valence-electron chi connectivity index (χ1n) is 7.85. The summed E-state index contributed by atoms with van der Waals surface area (Å²) in [6.45, 7) is 12.3. The lowest BCUT2D eigenvalue weighted by Crippen LogP contribution is -2.36. The van der Waals surface area contributed by atoms with Crippen molar-refractivity contribution in [3.63, 3.8) is 0 Å². The fraction of sp³-hybridized carbons (Fsp3) is 0.938. The number of amides is 1. The van der Waals surface area contributed by atoms with Crippen molar-refractivity contribution in [1.29, 1.82) is 0 Å². The van der Waals surface area contributed by atoms with Crippen LogP contribution in [0.2, 0.25) is 0 Å². The van der Waals surface area contributed by atoms with Gasteiger partial charge in [-0.05, 0) is 24.7 Å². The van der Waals surface area contributed by atoms with Crippen LogP contribution in [0.25, 0.3) is 0 Å². The van der Waals surface area contributed by atoms with Crippen molar-refractivity contribution in [2.75, 3.05) is 13.1 Å². The summed E-state index contributed by atoms with van der Waals surface area (Å²) < 4.78 is 0. The van der Waals surface area contributed by atoms with Crippen LogP contribution in [0.3, 0.4) is 0 Å². The van der Waals surface area contributed by atoms with Crippen molar-refractivity contribution in [2.45, 2.75) is 73.1 Å². The lowest BCUT2D eigenvalue weighted by molar-refractivity contribution is -0.130. The van der Waals surface area contributed by atoms with Gasteiger partial charge < -0.3 is 4.90 Å². The number of likely N-dealkylation sites (tertiary alicyclic amines) is 1. The molecule has 0 aromatic carbocycles. The van der Waals surface area contributed by atoms with Crippen LogP contribution in [0.15, 0.2) is 0 Å². The minimum Gasteiger partial charge on any atom is -0.343 e. The van der Waals surface area contributed by atoms with E-state index in [0.29, 0.717) is 0 Å². The third kappa shape index (κ3) is 7.73. The Kier molecular flexibility index (Phi) is 10.1. The van der Waals surface area contributed by atoms with Crippen molar-refractivity contribution in [3.8, 4) is 0 Å². The van der Waals surface area contributed by atoms with Crippen molar-refractivity contribution >= 4 is 5.91 Å². The number of hydrogen-bond donors (Lipinski definition) is 0. The Labute approximate surface area is 114 Å². The number of unbranched alkanes of at least 4 members (excludes halogenated alkanes) is 1. The Morgan fingerprint density at radius 3 is 2.17 bits per heavy atom. The second kappa shape index (κ2) is 10.4. The molecule has 0 aromatic rings. The molecule has 0 aromatic heterocycles. The van der Waals surface area contributed by atoms with Gasteiger partial charge in [0.1, 0.15) is 0 Å². The van der Waals surface area contributed by atoms with Crippen LogP contribution in [-0.4, -0.2) is 23.9 Å². The highest BCUT2D eigenvalue weighted by molar-refractivity contribution is 5.73. The molecule has 108 valence electrons. The molecule has 0 atom stereocenters. The van der Waals surface area contributed by atoms with Gasteiger partial charge in [-0.1, -0.05) is 53.4 Å². The highest BCUT2D eigenvalue weighted by Crippen LogP contribution is 2.23. The van der Waals surface area contributed by atoms with Gasteiger partial charge in [-0.15, -0.1) is 0 Å². The fourth-order valence-electron chi connectivity index (χ4n) is 2.52. The molecule has 0 spiro atoms. The molecule has 0 bridgehead atoms. The summed E-state index contributed by atoms with van der Waals surface area (Å²) in [4.78, 5) is 13.2. The van der Waals surface area contributed by atoms with Crippen LogP contribution in [-0.2, 0) is 4.79 Å². The largest absolute Gasteiger partial charge is 0.343 e. The van der Waals surface area contributed by atoms with E-state index in [9.17, 15) is 4.79 Å². The Morgan fingerprint density at radius 2 is 1.72 bits per heavy atom. The van der Waals surface area contributed by atoms with Gasteiger partial charge in [0.25, 0.3) is 0 Å². The topological polar surface area (TPSA) is 20.3 Å². The first kappa shape index (κ1) is 17.5. The van der Waals surface area contributed by atoms with Crippen LogP contribution in [0.5, 0.6) is 0 Å². The molecule has 2 heteroatoms. The zero-order valence-electron chi connectivity index (χ0n) is 13.2. The molecule has 1 rings (SSSR count). The van der Waals surface area contributed by atoms with Gasteiger partial charge in [0.05, 0.1) is 0 Å². The van der Waals surface area contributed by atoms with Gasteiger partial charge in [0.15, 0.2) is 0 Å². The van der Waals surface area contributed by atoms with Crippen LogP contribution >= 0.6 is 0 Å². The van der Waals surface area contributed by atoms with Crippen LogP contribution < -0.4 is 0 Å². The fourth-order valence-corrected chi connectivity index (χ4v) is 2.52. The number of hydrogen-bond acceptors (Lipinski definition) is 1. The smallest absolute Gasteiger partial charge is 0.219 e. The lowest BCUT2D eigenvalue weighted by atomic mass is 9.90. The van der Waals surface area contributed by atoms with E-state index in [2.05, 4.69) is 13.8 Å². The van der Waals surface area contributed by atoms with Gasteiger partial charge >= 0.3 is 0 Å². The molecule has 1 fully saturated rings. The monoisotopic (exact) mass is 255 g/mol. The molecule has 0 aliphatic carbocycles. The predicted octanol–water partition coefficient (Wildman–Crippen LogP) is 4.49. The van der Waals surface area contributed by atoms with E-state index in [1.54, 1.807) is 6.92 Å². The van der Waals surface area contributed by atoms with Gasteiger partial charge in [0, 0.05) is 20.0 Å². The third-order valence-corrected chi connectivity index (χ3v) is 3.70. The van der Waals surface area contributed by atoms with E-state index in [-0.39, 0.29) is 5.91 Å². The maximum absolute atomic E-state index is 11.2. The summed E-state index contributed by atoms with van der Waals surface area (Å²) in [7, 11) is 0. The molecule has 1 amide bonds. The second-order valence-corrected chi connectivity index (χ2v) is 5.63. The summed E-state index contributed by atoms with van der Waals surface area (Å²) in [6.07, 6.45) is 7.95. The molecule has 2 nitrogen and oxygen atoms in total.